The molecular formula is C21H31Br. The van der Waals surface area contributed by atoms with E-state index in [0.717, 1.165) is 11.8 Å². The molecule has 1 aromatic rings. The van der Waals surface area contributed by atoms with Crippen molar-refractivity contribution in [2.24, 2.45) is 11.8 Å². The van der Waals surface area contributed by atoms with E-state index < -0.39 is 0 Å². The summed E-state index contributed by atoms with van der Waals surface area (Å²) < 4.78 is 0. The van der Waals surface area contributed by atoms with E-state index in [-0.39, 0.29) is 0 Å². The zero-order valence-corrected chi connectivity index (χ0v) is 15.7. The van der Waals surface area contributed by atoms with E-state index in [2.05, 4.69) is 53.2 Å². The smallest absolute Gasteiger partial charge is 0.0225 e. The zero-order valence-electron chi connectivity index (χ0n) is 14.1. The maximum atomic E-state index is 3.41. The lowest BCUT2D eigenvalue weighted by molar-refractivity contribution is 0.296. The van der Waals surface area contributed by atoms with Crippen LogP contribution >= 0.6 is 15.9 Å². The SMILES string of the molecule is CCCCCc1ccc(CCC2CCC(/C=C/Br)CC2)cc1. The lowest BCUT2D eigenvalue weighted by Gasteiger charge is -2.26. The monoisotopic (exact) mass is 362 g/mol. The summed E-state index contributed by atoms with van der Waals surface area (Å²) in [5.74, 6) is 1.77. The Morgan fingerprint density at radius 2 is 1.59 bits per heavy atom. The molecule has 0 N–H and O–H groups in total. The molecule has 0 radical (unpaired) electrons. The zero-order chi connectivity index (χ0) is 15.6. The summed E-state index contributed by atoms with van der Waals surface area (Å²) in [5, 5.41) is 0. The molecular weight excluding hydrogens is 332 g/mol. The fourth-order valence-electron chi connectivity index (χ4n) is 3.59. The molecule has 0 amide bonds. The number of halogens is 1. The van der Waals surface area contributed by atoms with Gasteiger partial charge in [-0.15, -0.1) is 0 Å². The molecule has 0 spiro atoms. The van der Waals surface area contributed by atoms with Crippen LogP contribution < -0.4 is 0 Å². The van der Waals surface area contributed by atoms with Gasteiger partial charge in [-0.2, -0.15) is 0 Å². The van der Waals surface area contributed by atoms with Crippen molar-refractivity contribution >= 4 is 15.9 Å². The van der Waals surface area contributed by atoms with E-state index in [9.17, 15) is 0 Å². The predicted molar refractivity (Wildman–Crippen MR) is 102 cm³/mol. The summed E-state index contributed by atoms with van der Waals surface area (Å²) in [5.41, 5.74) is 3.04. The van der Waals surface area contributed by atoms with Crippen molar-refractivity contribution < 1.29 is 0 Å². The number of unbranched alkanes of at least 4 members (excludes halogenated alkanes) is 2. The van der Waals surface area contributed by atoms with Gasteiger partial charge in [-0.25, -0.2) is 0 Å². The quantitative estimate of drug-likeness (QED) is 0.433. The first-order valence-electron chi connectivity index (χ1n) is 9.16. The molecule has 0 aliphatic heterocycles. The van der Waals surface area contributed by atoms with Crippen LogP contribution in [0.3, 0.4) is 0 Å². The minimum Gasteiger partial charge on any atom is -0.0745 e. The highest BCUT2D eigenvalue weighted by molar-refractivity contribution is 9.11. The van der Waals surface area contributed by atoms with Crippen molar-refractivity contribution in [2.75, 3.05) is 0 Å². The molecule has 1 aliphatic carbocycles. The molecule has 122 valence electrons. The Kier molecular flexibility index (Phi) is 8.30. The van der Waals surface area contributed by atoms with E-state index in [1.165, 1.54) is 75.3 Å². The molecule has 2 rings (SSSR count). The van der Waals surface area contributed by atoms with Crippen LogP contribution in [0.1, 0.15) is 69.4 Å². The van der Waals surface area contributed by atoms with Crippen molar-refractivity contribution in [1.82, 2.24) is 0 Å². The van der Waals surface area contributed by atoms with Crippen LogP contribution in [0.25, 0.3) is 0 Å². The number of allylic oxidation sites excluding steroid dienone is 1. The summed E-state index contributed by atoms with van der Waals surface area (Å²) in [7, 11) is 0. The Balaban J connectivity index is 1.69. The van der Waals surface area contributed by atoms with Crippen molar-refractivity contribution in [3.63, 3.8) is 0 Å². The summed E-state index contributed by atoms with van der Waals surface area (Å²) in [6.45, 7) is 2.27. The van der Waals surface area contributed by atoms with Crippen molar-refractivity contribution in [3.8, 4) is 0 Å². The maximum Gasteiger partial charge on any atom is -0.0225 e. The van der Waals surface area contributed by atoms with Gasteiger partial charge in [0.05, 0.1) is 0 Å². The molecule has 1 aliphatic rings. The van der Waals surface area contributed by atoms with Gasteiger partial charge in [0.25, 0.3) is 0 Å². The summed E-state index contributed by atoms with van der Waals surface area (Å²) >= 11 is 3.41. The molecule has 0 unspecified atom stereocenters. The first-order valence-corrected chi connectivity index (χ1v) is 10.1. The van der Waals surface area contributed by atoms with Crippen LogP contribution in [0.4, 0.5) is 0 Å². The second-order valence-corrected chi connectivity index (χ2v) is 7.44. The maximum absolute atomic E-state index is 3.41. The average molecular weight is 363 g/mol. The van der Waals surface area contributed by atoms with E-state index in [4.69, 9.17) is 0 Å². The Hall–Kier alpha value is -0.560. The van der Waals surface area contributed by atoms with Crippen LogP contribution in [0.2, 0.25) is 0 Å². The lowest BCUT2D eigenvalue weighted by Crippen LogP contribution is -2.13. The van der Waals surface area contributed by atoms with E-state index in [1.807, 2.05) is 4.99 Å². The molecule has 22 heavy (non-hydrogen) atoms. The van der Waals surface area contributed by atoms with Crippen LogP contribution in [0.15, 0.2) is 35.3 Å². The van der Waals surface area contributed by atoms with E-state index in [0.29, 0.717) is 0 Å². The molecule has 0 heterocycles. The van der Waals surface area contributed by atoms with Crippen LogP contribution in [-0.2, 0) is 12.8 Å². The van der Waals surface area contributed by atoms with Crippen LogP contribution in [-0.4, -0.2) is 0 Å². The Labute approximate surface area is 145 Å². The molecule has 0 atom stereocenters. The van der Waals surface area contributed by atoms with E-state index in [1.54, 1.807) is 0 Å². The average Bonchev–Trinajstić information content (AvgIpc) is 2.56. The Bertz CT molecular complexity index is 424. The van der Waals surface area contributed by atoms with Crippen molar-refractivity contribution in [2.45, 2.75) is 71.1 Å². The lowest BCUT2D eigenvalue weighted by atomic mass is 9.79. The molecule has 1 aromatic carbocycles. The predicted octanol–water partition coefficient (Wildman–Crippen LogP) is 7.07. The highest BCUT2D eigenvalue weighted by Crippen LogP contribution is 2.32. The van der Waals surface area contributed by atoms with Gasteiger partial charge in [0.2, 0.25) is 0 Å². The third-order valence-electron chi connectivity index (χ3n) is 5.17. The minimum absolute atomic E-state index is 0.818. The molecule has 0 aromatic heterocycles. The van der Waals surface area contributed by atoms with Gasteiger partial charge in [-0.3, -0.25) is 0 Å². The standard InChI is InChI=1S/C21H31Br/c1-2-3-4-5-18-6-8-19(9-7-18)10-11-20-12-14-21(15-13-20)16-17-22/h6-9,16-17,20-21H,2-5,10-15H2,1H3/b17-16+. The third-order valence-corrected chi connectivity index (χ3v) is 5.47. The van der Waals surface area contributed by atoms with Gasteiger partial charge < -0.3 is 0 Å². The number of hydrogen-bond donors (Lipinski definition) is 0. The highest BCUT2D eigenvalue weighted by Gasteiger charge is 2.19. The molecule has 1 saturated carbocycles. The third kappa shape index (κ3) is 6.28. The van der Waals surface area contributed by atoms with Crippen molar-refractivity contribution in [1.29, 1.82) is 0 Å². The second kappa shape index (κ2) is 10.3. The molecule has 0 nitrogen and oxygen atoms in total. The van der Waals surface area contributed by atoms with Gasteiger partial charge in [-0.05, 0) is 79.3 Å². The second-order valence-electron chi connectivity index (χ2n) is 6.91. The summed E-state index contributed by atoms with van der Waals surface area (Å²) in [6, 6.07) is 9.42. The van der Waals surface area contributed by atoms with Gasteiger partial charge in [0.1, 0.15) is 0 Å². The van der Waals surface area contributed by atoms with E-state index >= 15 is 0 Å². The van der Waals surface area contributed by atoms with Gasteiger partial charge in [0.15, 0.2) is 0 Å². The van der Waals surface area contributed by atoms with Crippen LogP contribution in [0, 0.1) is 11.8 Å². The Morgan fingerprint density at radius 3 is 2.18 bits per heavy atom. The number of aryl methyl sites for hydroxylation is 2. The fourth-order valence-corrected chi connectivity index (χ4v) is 4.03. The summed E-state index contributed by atoms with van der Waals surface area (Å²) in [4.78, 5) is 2.04. The molecule has 1 fully saturated rings. The first kappa shape index (κ1) is 17.8. The summed E-state index contributed by atoms with van der Waals surface area (Å²) in [6.07, 6.45) is 15.8. The molecule has 1 heteroatoms. The largest absolute Gasteiger partial charge is 0.0745 e. The number of benzene rings is 1. The first-order chi connectivity index (χ1) is 10.8. The van der Waals surface area contributed by atoms with Gasteiger partial charge in [0, 0.05) is 0 Å². The van der Waals surface area contributed by atoms with Gasteiger partial charge in [-0.1, -0.05) is 66.0 Å². The molecule has 0 saturated heterocycles. The number of hydrogen-bond acceptors (Lipinski definition) is 0. The van der Waals surface area contributed by atoms with Crippen LogP contribution in [0.5, 0.6) is 0 Å². The normalized spacial score (nSPS) is 22.3. The Morgan fingerprint density at radius 1 is 0.955 bits per heavy atom. The molecule has 0 bridgehead atoms. The highest BCUT2D eigenvalue weighted by atomic mass is 79.9. The van der Waals surface area contributed by atoms with Gasteiger partial charge >= 0.3 is 0 Å². The fraction of sp³-hybridized carbons (Fsp3) is 0.619. The topological polar surface area (TPSA) is 0 Å². The van der Waals surface area contributed by atoms with Crippen molar-refractivity contribution in [3.05, 3.63) is 46.5 Å². The number of rotatable bonds is 8. The minimum atomic E-state index is 0.818.